The van der Waals surface area contributed by atoms with Gasteiger partial charge in [-0.05, 0) is 6.07 Å². The van der Waals surface area contributed by atoms with Gasteiger partial charge in [0, 0.05) is 24.8 Å². The highest BCUT2D eigenvalue weighted by Crippen LogP contribution is 2.33. The number of nitrogens with one attached hydrogen (secondary N) is 1. The summed E-state index contributed by atoms with van der Waals surface area (Å²) in [5.74, 6) is 0.345. The highest BCUT2D eigenvalue weighted by Gasteiger charge is 2.32. The lowest BCUT2D eigenvalue weighted by molar-refractivity contribution is 0.169. The number of guanidine groups is 1. The lowest BCUT2D eigenvalue weighted by Crippen LogP contribution is -2.43. The first kappa shape index (κ1) is 10.9. The third-order valence-corrected chi connectivity index (χ3v) is 2.66. The number of para-hydroxylation sites is 1. The van der Waals surface area contributed by atoms with Gasteiger partial charge in [-0.1, -0.05) is 18.2 Å². The van der Waals surface area contributed by atoms with E-state index >= 15 is 0 Å². The molecule has 0 aliphatic carbocycles. The zero-order chi connectivity index (χ0) is 11.6. The molecule has 0 radical (unpaired) electrons. The Kier molecular flexibility index (Phi) is 2.80. The number of aliphatic imine (C=N–C) groups is 1. The van der Waals surface area contributed by atoms with E-state index in [9.17, 15) is 0 Å². The van der Waals surface area contributed by atoms with Crippen molar-refractivity contribution in [2.45, 2.75) is 12.1 Å². The van der Waals surface area contributed by atoms with Crippen molar-refractivity contribution in [3.63, 3.8) is 0 Å². The summed E-state index contributed by atoms with van der Waals surface area (Å²) in [6.45, 7) is 0.543. The molecule has 0 saturated carbocycles. The molecule has 0 fully saturated rings. The van der Waals surface area contributed by atoms with Crippen LogP contribution in [0.15, 0.2) is 29.3 Å². The molecule has 1 aliphatic rings. The third kappa shape index (κ3) is 1.87. The van der Waals surface area contributed by atoms with Crippen molar-refractivity contribution in [2.24, 2.45) is 16.5 Å². The molecule has 0 saturated heterocycles. The Labute approximate surface area is 94.5 Å². The standard InChI is InChI=1S/C11H16N4O/c1-16-7-6-11(13)8-4-2-3-5-9(8)14-10(12)15-11/h2-5H,6-7,13H2,1H3,(H3,12,14,15). The summed E-state index contributed by atoms with van der Waals surface area (Å²) >= 11 is 0. The predicted molar refractivity (Wildman–Crippen MR) is 64.0 cm³/mol. The summed E-state index contributed by atoms with van der Waals surface area (Å²) in [6.07, 6.45) is 0.600. The van der Waals surface area contributed by atoms with E-state index in [2.05, 4.69) is 10.3 Å². The largest absolute Gasteiger partial charge is 0.385 e. The molecule has 2 rings (SSSR count). The van der Waals surface area contributed by atoms with Crippen molar-refractivity contribution in [3.8, 4) is 0 Å². The summed E-state index contributed by atoms with van der Waals surface area (Å²) in [4.78, 5) is 4.27. The number of fused-ring (bicyclic) bond motifs is 1. The van der Waals surface area contributed by atoms with Gasteiger partial charge in [-0.25, -0.2) is 4.99 Å². The van der Waals surface area contributed by atoms with Gasteiger partial charge in [0.1, 0.15) is 5.66 Å². The van der Waals surface area contributed by atoms with Crippen molar-refractivity contribution < 1.29 is 4.74 Å². The first-order valence-corrected chi connectivity index (χ1v) is 5.15. The van der Waals surface area contributed by atoms with Crippen LogP contribution in [-0.2, 0) is 10.4 Å². The second kappa shape index (κ2) is 4.11. The van der Waals surface area contributed by atoms with Crippen LogP contribution in [0, 0.1) is 0 Å². The SMILES string of the molecule is COCCC1(N)N=C(N)Nc2ccccc21. The molecule has 0 bridgehead atoms. The Morgan fingerprint density at radius 1 is 1.44 bits per heavy atom. The van der Waals surface area contributed by atoms with Crippen molar-refractivity contribution in [1.82, 2.24) is 0 Å². The molecular formula is C11H16N4O. The minimum absolute atomic E-state index is 0.345. The molecule has 16 heavy (non-hydrogen) atoms. The van der Waals surface area contributed by atoms with Crippen LogP contribution in [0.5, 0.6) is 0 Å². The van der Waals surface area contributed by atoms with E-state index in [0.29, 0.717) is 19.0 Å². The number of anilines is 1. The monoisotopic (exact) mass is 220 g/mol. The van der Waals surface area contributed by atoms with E-state index in [-0.39, 0.29) is 0 Å². The number of nitrogens with two attached hydrogens (primary N) is 2. The van der Waals surface area contributed by atoms with E-state index in [1.54, 1.807) is 7.11 Å². The topological polar surface area (TPSA) is 85.7 Å². The highest BCUT2D eigenvalue weighted by molar-refractivity contribution is 5.95. The molecule has 1 unspecified atom stereocenters. The van der Waals surface area contributed by atoms with Crippen LogP contribution in [0.3, 0.4) is 0 Å². The Balaban J connectivity index is 2.38. The van der Waals surface area contributed by atoms with E-state index in [1.807, 2.05) is 24.3 Å². The zero-order valence-electron chi connectivity index (χ0n) is 9.23. The third-order valence-electron chi connectivity index (χ3n) is 2.66. The molecule has 86 valence electrons. The average Bonchev–Trinajstić information content (AvgIpc) is 2.26. The Hall–Kier alpha value is -1.59. The molecule has 5 N–H and O–H groups in total. The van der Waals surface area contributed by atoms with Gasteiger partial charge in [-0.3, -0.25) is 0 Å². The average molecular weight is 220 g/mol. The number of methoxy groups -OCH3 is 1. The van der Waals surface area contributed by atoms with E-state index in [4.69, 9.17) is 16.2 Å². The van der Waals surface area contributed by atoms with E-state index < -0.39 is 5.66 Å². The van der Waals surface area contributed by atoms with Gasteiger partial charge in [0.05, 0.1) is 6.61 Å². The molecular weight excluding hydrogens is 204 g/mol. The van der Waals surface area contributed by atoms with Crippen molar-refractivity contribution in [3.05, 3.63) is 29.8 Å². The molecule has 0 spiro atoms. The molecule has 1 aromatic rings. The van der Waals surface area contributed by atoms with Crippen molar-refractivity contribution in [2.75, 3.05) is 19.0 Å². The lowest BCUT2D eigenvalue weighted by atomic mass is 9.94. The maximum atomic E-state index is 6.26. The number of nitrogens with zero attached hydrogens (tertiary/aromatic N) is 1. The van der Waals surface area contributed by atoms with Crippen LogP contribution in [-0.4, -0.2) is 19.7 Å². The van der Waals surface area contributed by atoms with Crippen LogP contribution in [0.1, 0.15) is 12.0 Å². The first-order chi connectivity index (χ1) is 7.65. The van der Waals surface area contributed by atoms with Gasteiger partial charge in [0.2, 0.25) is 0 Å². The Bertz CT molecular complexity index is 418. The zero-order valence-corrected chi connectivity index (χ0v) is 9.23. The number of hydrogen-bond acceptors (Lipinski definition) is 5. The van der Waals surface area contributed by atoms with E-state index in [0.717, 1.165) is 11.3 Å². The molecule has 1 aromatic carbocycles. The first-order valence-electron chi connectivity index (χ1n) is 5.15. The van der Waals surface area contributed by atoms with Crippen LogP contribution in [0.2, 0.25) is 0 Å². The number of benzene rings is 1. The Morgan fingerprint density at radius 2 is 2.19 bits per heavy atom. The summed E-state index contributed by atoms with van der Waals surface area (Å²) in [5.41, 5.74) is 13.0. The lowest BCUT2D eigenvalue weighted by Gasteiger charge is -2.32. The van der Waals surface area contributed by atoms with Crippen LogP contribution in [0.4, 0.5) is 5.69 Å². The highest BCUT2D eigenvalue weighted by atomic mass is 16.5. The number of rotatable bonds is 3. The van der Waals surface area contributed by atoms with Crippen LogP contribution >= 0.6 is 0 Å². The molecule has 5 nitrogen and oxygen atoms in total. The maximum Gasteiger partial charge on any atom is 0.195 e. The van der Waals surface area contributed by atoms with Gasteiger partial charge >= 0.3 is 0 Å². The Morgan fingerprint density at radius 3 is 2.94 bits per heavy atom. The molecule has 1 aliphatic heterocycles. The van der Waals surface area contributed by atoms with E-state index in [1.165, 1.54) is 0 Å². The van der Waals surface area contributed by atoms with Crippen molar-refractivity contribution in [1.29, 1.82) is 0 Å². The van der Waals surface area contributed by atoms with Gasteiger partial charge in [0.15, 0.2) is 5.96 Å². The quantitative estimate of drug-likeness (QED) is 0.695. The fourth-order valence-corrected chi connectivity index (χ4v) is 1.86. The molecule has 0 amide bonds. The number of ether oxygens (including phenoxy) is 1. The predicted octanol–water partition coefficient (Wildman–Crippen LogP) is 0.575. The second-order valence-electron chi connectivity index (χ2n) is 3.83. The summed E-state index contributed by atoms with van der Waals surface area (Å²) in [6, 6.07) is 7.76. The summed E-state index contributed by atoms with van der Waals surface area (Å²) in [7, 11) is 1.64. The smallest absolute Gasteiger partial charge is 0.195 e. The van der Waals surface area contributed by atoms with Gasteiger partial charge in [-0.15, -0.1) is 0 Å². The van der Waals surface area contributed by atoms with Crippen LogP contribution < -0.4 is 16.8 Å². The maximum absolute atomic E-state index is 6.26. The fourth-order valence-electron chi connectivity index (χ4n) is 1.86. The molecule has 1 atom stereocenters. The summed E-state index contributed by atoms with van der Waals surface area (Å²) < 4.78 is 5.05. The molecule has 5 heteroatoms. The van der Waals surface area contributed by atoms with Crippen LogP contribution in [0.25, 0.3) is 0 Å². The second-order valence-corrected chi connectivity index (χ2v) is 3.83. The minimum Gasteiger partial charge on any atom is -0.385 e. The molecule has 0 aromatic heterocycles. The normalized spacial score (nSPS) is 23.2. The fraction of sp³-hybridized carbons (Fsp3) is 0.364. The van der Waals surface area contributed by atoms with Gasteiger partial charge in [-0.2, -0.15) is 0 Å². The summed E-state index contributed by atoms with van der Waals surface area (Å²) in [5, 5.41) is 3.00. The van der Waals surface area contributed by atoms with Gasteiger partial charge in [0.25, 0.3) is 0 Å². The molecule has 1 heterocycles. The number of hydrogen-bond donors (Lipinski definition) is 3. The van der Waals surface area contributed by atoms with Crippen molar-refractivity contribution >= 4 is 11.6 Å². The minimum atomic E-state index is -0.790. The van der Waals surface area contributed by atoms with Gasteiger partial charge < -0.3 is 21.5 Å².